The Labute approximate surface area is 291 Å². The van der Waals surface area contributed by atoms with Crippen molar-refractivity contribution in [2.24, 2.45) is 0 Å². The van der Waals surface area contributed by atoms with E-state index in [9.17, 15) is 30.7 Å². The molecule has 0 aliphatic rings. The highest BCUT2D eigenvalue weighted by molar-refractivity contribution is 6.10. The van der Waals surface area contributed by atoms with Gasteiger partial charge in [-0.3, -0.25) is 0 Å². The topological polar surface area (TPSA) is 43.6 Å². The molecule has 256 valence electrons. The Bertz CT molecular complexity index is 2470. The van der Waals surface area contributed by atoms with Crippen LogP contribution in [0.5, 0.6) is 0 Å². The molecule has 8 aromatic rings. The van der Waals surface area contributed by atoms with Crippen molar-refractivity contribution in [3.05, 3.63) is 156 Å². The number of rotatable bonds is 5. The van der Waals surface area contributed by atoms with Gasteiger partial charge in [0.2, 0.25) is 0 Å². The van der Waals surface area contributed by atoms with Gasteiger partial charge < -0.3 is 4.57 Å². The second-order valence-corrected chi connectivity index (χ2v) is 12.1. The minimum Gasteiger partial charge on any atom is -0.309 e. The molecule has 0 fully saturated rings. The maximum absolute atomic E-state index is 14.1. The lowest BCUT2D eigenvalue weighted by atomic mass is 9.98. The smallest absolute Gasteiger partial charge is 0.309 e. The fourth-order valence-corrected chi connectivity index (χ4v) is 6.32. The molecule has 0 unspecified atom stereocenters. The number of alkyl halides is 6. The van der Waals surface area contributed by atoms with Crippen LogP contribution in [0.4, 0.5) is 30.7 Å². The van der Waals surface area contributed by atoms with Crippen LogP contribution >= 0.6 is 0 Å². The van der Waals surface area contributed by atoms with Crippen molar-refractivity contribution in [3.63, 3.8) is 0 Å². The standard InChI is InChI=1S/C41H23F7N4/c42-29-15-11-24(12-16-29)31-20-17-30(23-34(31)39-50-37(25-7-3-1-4-8-25)49-38(51-39)26-9-5-2-6-10-26)52-35-21-27(40(43,44)45)13-18-32(35)33-19-14-28(22-36(33)52)41(46,47)48/h1-23H. The zero-order valence-electron chi connectivity index (χ0n) is 26.7. The second kappa shape index (κ2) is 12.4. The molecule has 0 N–H and O–H groups in total. The van der Waals surface area contributed by atoms with E-state index in [0.717, 1.165) is 24.3 Å². The zero-order chi connectivity index (χ0) is 36.2. The van der Waals surface area contributed by atoms with Gasteiger partial charge in [-0.05, 0) is 59.7 Å². The monoisotopic (exact) mass is 704 g/mol. The van der Waals surface area contributed by atoms with Gasteiger partial charge in [0.1, 0.15) is 5.82 Å². The van der Waals surface area contributed by atoms with Crippen LogP contribution in [-0.4, -0.2) is 19.5 Å². The Morgan fingerprint density at radius 1 is 0.423 bits per heavy atom. The Hall–Kier alpha value is -6.36. The molecule has 6 aromatic carbocycles. The molecule has 0 amide bonds. The highest BCUT2D eigenvalue weighted by atomic mass is 19.4. The van der Waals surface area contributed by atoms with E-state index in [2.05, 4.69) is 0 Å². The SMILES string of the molecule is Fc1ccc(-c2ccc(-n3c4cc(C(F)(F)F)ccc4c4ccc(C(F)(F)F)cc43)cc2-c2nc(-c3ccccc3)nc(-c3ccccc3)n2)cc1. The summed E-state index contributed by atoms with van der Waals surface area (Å²) < 4.78 is 99.6. The highest BCUT2D eigenvalue weighted by Gasteiger charge is 2.33. The van der Waals surface area contributed by atoms with Crippen molar-refractivity contribution in [1.82, 2.24) is 19.5 Å². The van der Waals surface area contributed by atoms with Crippen LogP contribution in [-0.2, 0) is 12.4 Å². The molecular formula is C41H23F7N4. The van der Waals surface area contributed by atoms with Crippen LogP contribution in [0.15, 0.2) is 140 Å². The number of hydrogen-bond donors (Lipinski definition) is 0. The van der Waals surface area contributed by atoms with Crippen LogP contribution in [0.2, 0.25) is 0 Å². The molecular weight excluding hydrogens is 681 g/mol. The number of aromatic nitrogens is 4. The normalized spacial score (nSPS) is 12.1. The minimum absolute atomic E-state index is 0.0511. The summed E-state index contributed by atoms with van der Waals surface area (Å²) in [5.74, 6) is 0.385. The molecule has 2 aromatic heterocycles. The summed E-state index contributed by atoms with van der Waals surface area (Å²) in [6.07, 6.45) is -9.42. The summed E-state index contributed by atoms with van der Waals surface area (Å²) in [6.45, 7) is 0. The Kier molecular flexibility index (Phi) is 7.86. The third-order valence-electron chi connectivity index (χ3n) is 8.78. The van der Waals surface area contributed by atoms with Crippen LogP contribution < -0.4 is 0 Å². The van der Waals surface area contributed by atoms with Gasteiger partial charge in [-0.2, -0.15) is 26.3 Å². The molecule has 0 atom stereocenters. The molecule has 0 saturated carbocycles. The molecule has 0 spiro atoms. The van der Waals surface area contributed by atoms with E-state index in [1.807, 2.05) is 60.7 Å². The van der Waals surface area contributed by atoms with E-state index in [0.29, 0.717) is 50.2 Å². The molecule has 0 radical (unpaired) electrons. The number of hydrogen-bond acceptors (Lipinski definition) is 3. The Morgan fingerprint density at radius 3 is 1.38 bits per heavy atom. The third kappa shape index (κ3) is 6.04. The van der Waals surface area contributed by atoms with Gasteiger partial charge in [0.25, 0.3) is 0 Å². The van der Waals surface area contributed by atoms with E-state index in [4.69, 9.17) is 15.0 Å². The maximum atomic E-state index is 14.1. The van der Waals surface area contributed by atoms with E-state index in [1.54, 1.807) is 30.3 Å². The van der Waals surface area contributed by atoms with Crippen molar-refractivity contribution < 1.29 is 30.7 Å². The van der Waals surface area contributed by atoms with Crippen molar-refractivity contribution in [2.75, 3.05) is 0 Å². The van der Waals surface area contributed by atoms with E-state index in [1.165, 1.54) is 28.8 Å². The van der Waals surface area contributed by atoms with E-state index >= 15 is 0 Å². The molecule has 0 aliphatic carbocycles. The first-order valence-electron chi connectivity index (χ1n) is 15.9. The first-order valence-corrected chi connectivity index (χ1v) is 15.9. The lowest BCUT2D eigenvalue weighted by molar-refractivity contribution is -0.138. The van der Waals surface area contributed by atoms with Gasteiger partial charge >= 0.3 is 12.4 Å². The van der Waals surface area contributed by atoms with Crippen LogP contribution in [0.3, 0.4) is 0 Å². The molecule has 0 saturated heterocycles. The Morgan fingerprint density at radius 2 is 0.904 bits per heavy atom. The Balaban J connectivity index is 1.45. The van der Waals surface area contributed by atoms with Gasteiger partial charge in [0.05, 0.1) is 22.2 Å². The van der Waals surface area contributed by atoms with Crippen LogP contribution in [0.25, 0.3) is 72.8 Å². The fraction of sp³-hybridized carbons (Fsp3) is 0.0488. The van der Waals surface area contributed by atoms with Gasteiger partial charge in [-0.15, -0.1) is 0 Å². The maximum Gasteiger partial charge on any atom is 0.416 e. The molecule has 0 aliphatic heterocycles. The number of nitrogens with zero attached hydrogens (tertiary/aromatic N) is 4. The largest absolute Gasteiger partial charge is 0.416 e. The first-order chi connectivity index (χ1) is 24.9. The number of halogens is 7. The average Bonchev–Trinajstić information content (AvgIpc) is 3.48. The van der Waals surface area contributed by atoms with Crippen LogP contribution in [0.1, 0.15) is 11.1 Å². The molecule has 52 heavy (non-hydrogen) atoms. The molecule has 11 heteroatoms. The van der Waals surface area contributed by atoms with Gasteiger partial charge in [0, 0.05) is 33.2 Å². The summed E-state index contributed by atoms with van der Waals surface area (Å²) in [7, 11) is 0. The molecule has 0 bridgehead atoms. The summed E-state index contributed by atoms with van der Waals surface area (Å²) in [5, 5.41) is 0.664. The minimum atomic E-state index is -4.71. The van der Waals surface area contributed by atoms with E-state index < -0.39 is 29.3 Å². The van der Waals surface area contributed by atoms with Crippen LogP contribution in [0, 0.1) is 5.82 Å². The third-order valence-corrected chi connectivity index (χ3v) is 8.78. The number of benzene rings is 6. The van der Waals surface area contributed by atoms with Gasteiger partial charge in [-0.1, -0.05) is 91.0 Å². The van der Waals surface area contributed by atoms with E-state index in [-0.39, 0.29) is 22.5 Å². The van der Waals surface area contributed by atoms with Crippen molar-refractivity contribution in [2.45, 2.75) is 12.4 Å². The molecule has 8 rings (SSSR count). The van der Waals surface area contributed by atoms with Crippen molar-refractivity contribution in [3.8, 4) is 51.0 Å². The lowest BCUT2D eigenvalue weighted by Crippen LogP contribution is -2.06. The zero-order valence-corrected chi connectivity index (χ0v) is 26.7. The molecule has 2 heterocycles. The first kappa shape index (κ1) is 32.8. The fourth-order valence-electron chi connectivity index (χ4n) is 6.32. The average molecular weight is 705 g/mol. The second-order valence-electron chi connectivity index (χ2n) is 12.1. The number of fused-ring (bicyclic) bond motifs is 3. The van der Waals surface area contributed by atoms with Crippen molar-refractivity contribution in [1.29, 1.82) is 0 Å². The van der Waals surface area contributed by atoms with Crippen molar-refractivity contribution >= 4 is 21.8 Å². The quantitative estimate of drug-likeness (QED) is 0.168. The van der Waals surface area contributed by atoms with Gasteiger partial charge in [0.15, 0.2) is 17.5 Å². The summed E-state index contributed by atoms with van der Waals surface area (Å²) >= 11 is 0. The predicted octanol–water partition coefficient (Wildman–Crippen LogP) is 11.8. The summed E-state index contributed by atoms with van der Waals surface area (Å²) in [5.41, 5.74) is 1.31. The summed E-state index contributed by atoms with van der Waals surface area (Å²) in [4.78, 5) is 14.4. The summed E-state index contributed by atoms with van der Waals surface area (Å²) in [6, 6.07) is 35.2. The molecule has 4 nitrogen and oxygen atoms in total. The predicted molar refractivity (Wildman–Crippen MR) is 186 cm³/mol. The van der Waals surface area contributed by atoms with Gasteiger partial charge in [-0.25, -0.2) is 19.3 Å². The lowest BCUT2D eigenvalue weighted by Gasteiger charge is -2.16. The highest BCUT2D eigenvalue weighted by Crippen LogP contribution is 2.41.